The summed E-state index contributed by atoms with van der Waals surface area (Å²) in [6.07, 6.45) is 6.60. The van der Waals surface area contributed by atoms with Gasteiger partial charge in [0.25, 0.3) is 0 Å². The third-order valence-corrected chi connectivity index (χ3v) is 3.60. The first kappa shape index (κ1) is 14.8. The smallest absolute Gasteiger partial charge is 0.0648 e. The highest BCUT2D eigenvalue weighted by Crippen LogP contribution is 2.13. The summed E-state index contributed by atoms with van der Waals surface area (Å²) in [5.41, 5.74) is 2.43. The Morgan fingerprint density at radius 2 is 1.90 bits per heavy atom. The lowest BCUT2D eigenvalue weighted by atomic mass is 10.0. The molecule has 0 bridgehead atoms. The van der Waals surface area contributed by atoms with Crippen molar-refractivity contribution in [2.75, 3.05) is 6.54 Å². The van der Waals surface area contributed by atoms with Gasteiger partial charge in [-0.2, -0.15) is 5.10 Å². The Hall–Kier alpha value is -1.61. The maximum atomic E-state index is 4.45. The first-order valence-corrected chi connectivity index (χ1v) is 7.66. The molecule has 108 valence electrons. The van der Waals surface area contributed by atoms with Gasteiger partial charge in [-0.15, -0.1) is 0 Å². The second-order valence-electron chi connectivity index (χ2n) is 5.15. The lowest BCUT2D eigenvalue weighted by Gasteiger charge is -2.17. The van der Waals surface area contributed by atoms with Gasteiger partial charge in [-0.1, -0.05) is 38.5 Å². The molecule has 0 spiro atoms. The number of aromatic nitrogens is 2. The van der Waals surface area contributed by atoms with Gasteiger partial charge < -0.3 is 5.32 Å². The van der Waals surface area contributed by atoms with E-state index in [9.17, 15) is 0 Å². The normalized spacial score (nSPS) is 12.5. The number of hydrogen-bond donors (Lipinski definition) is 1. The number of benzene rings is 1. The number of nitrogens with zero attached hydrogens (tertiary/aromatic N) is 2. The minimum Gasteiger partial charge on any atom is -0.314 e. The van der Waals surface area contributed by atoms with E-state index < -0.39 is 0 Å². The molecule has 1 N–H and O–H groups in total. The predicted molar refractivity (Wildman–Crippen MR) is 84.3 cm³/mol. The number of nitrogens with one attached hydrogen (secondary N) is 1. The number of hydrogen-bond acceptors (Lipinski definition) is 2. The molecule has 2 aromatic rings. The molecule has 3 nitrogen and oxygen atoms in total. The summed E-state index contributed by atoms with van der Waals surface area (Å²) >= 11 is 0. The molecule has 0 amide bonds. The lowest BCUT2D eigenvalue weighted by molar-refractivity contribution is 0.456. The van der Waals surface area contributed by atoms with Crippen molar-refractivity contribution in [3.8, 4) is 5.69 Å². The minimum absolute atomic E-state index is 0.615. The van der Waals surface area contributed by atoms with Crippen LogP contribution in [-0.2, 0) is 6.42 Å². The van der Waals surface area contributed by atoms with E-state index in [0.717, 1.165) is 18.7 Å². The molecule has 1 heterocycles. The zero-order chi connectivity index (χ0) is 14.2. The van der Waals surface area contributed by atoms with Crippen LogP contribution < -0.4 is 5.32 Å². The maximum absolute atomic E-state index is 4.45. The number of rotatable bonds is 8. The van der Waals surface area contributed by atoms with E-state index in [0.29, 0.717) is 6.04 Å². The Morgan fingerprint density at radius 1 is 1.10 bits per heavy atom. The van der Waals surface area contributed by atoms with E-state index >= 15 is 0 Å². The largest absolute Gasteiger partial charge is 0.314 e. The molecule has 0 fully saturated rings. The fourth-order valence-corrected chi connectivity index (χ4v) is 2.63. The van der Waals surface area contributed by atoms with Gasteiger partial charge in [-0.3, -0.25) is 0 Å². The molecule has 3 heteroatoms. The molecule has 1 atom stereocenters. The van der Waals surface area contributed by atoms with E-state index in [2.05, 4.69) is 59.3 Å². The van der Waals surface area contributed by atoms with Gasteiger partial charge >= 0.3 is 0 Å². The lowest BCUT2D eigenvalue weighted by Crippen LogP contribution is -2.29. The molecular formula is C17H25N3. The molecule has 0 saturated heterocycles. The summed E-state index contributed by atoms with van der Waals surface area (Å²) in [5, 5.41) is 8.03. The maximum Gasteiger partial charge on any atom is 0.0648 e. The highest BCUT2D eigenvalue weighted by molar-refractivity contribution is 5.32. The van der Waals surface area contributed by atoms with Crippen molar-refractivity contribution in [1.29, 1.82) is 0 Å². The van der Waals surface area contributed by atoms with E-state index in [-0.39, 0.29) is 0 Å². The van der Waals surface area contributed by atoms with Gasteiger partial charge in [-0.05, 0) is 44.0 Å². The molecule has 1 aromatic heterocycles. The molecule has 0 radical (unpaired) electrons. The van der Waals surface area contributed by atoms with Gasteiger partial charge in [0, 0.05) is 17.9 Å². The Labute approximate surface area is 122 Å². The predicted octanol–water partition coefficient (Wildman–Crippen LogP) is 3.58. The second-order valence-corrected chi connectivity index (χ2v) is 5.15. The SMILES string of the molecule is CCCC(CCc1ccnn1-c1ccccc1)NCC. The van der Waals surface area contributed by atoms with Gasteiger partial charge in [0.2, 0.25) is 0 Å². The van der Waals surface area contributed by atoms with Crippen molar-refractivity contribution in [1.82, 2.24) is 15.1 Å². The highest BCUT2D eigenvalue weighted by atomic mass is 15.3. The van der Waals surface area contributed by atoms with Crippen molar-refractivity contribution in [3.63, 3.8) is 0 Å². The van der Waals surface area contributed by atoms with Crippen LogP contribution in [0, 0.1) is 0 Å². The standard InChI is InChI=1S/C17H25N3/c1-3-8-15(18-4-2)11-12-17-13-14-19-20(17)16-9-6-5-7-10-16/h5-7,9-10,13-15,18H,3-4,8,11-12H2,1-2H3. The fraction of sp³-hybridized carbons (Fsp3) is 0.471. The van der Waals surface area contributed by atoms with Crippen LogP contribution in [0.5, 0.6) is 0 Å². The number of aryl methyl sites for hydroxylation is 1. The van der Waals surface area contributed by atoms with Gasteiger partial charge in [0.15, 0.2) is 0 Å². The fourth-order valence-electron chi connectivity index (χ4n) is 2.63. The zero-order valence-corrected chi connectivity index (χ0v) is 12.5. The van der Waals surface area contributed by atoms with Crippen molar-refractivity contribution in [3.05, 3.63) is 48.3 Å². The summed E-state index contributed by atoms with van der Waals surface area (Å²) in [6.45, 7) is 5.47. The third kappa shape index (κ3) is 3.94. The van der Waals surface area contributed by atoms with Gasteiger partial charge in [0.05, 0.1) is 5.69 Å². The molecular weight excluding hydrogens is 246 g/mol. The van der Waals surface area contributed by atoms with E-state index in [1.54, 1.807) is 0 Å². The molecule has 1 aromatic carbocycles. The van der Waals surface area contributed by atoms with Crippen LogP contribution in [0.2, 0.25) is 0 Å². The Bertz CT molecular complexity index is 484. The minimum atomic E-state index is 0.615. The van der Waals surface area contributed by atoms with Crippen molar-refractivity contribution < 1.29 is 0 Å². The first-order chi connectivity index (χ1) is 9.85. The zero-order valence-electron chi connectivity index (χ0n) is 12.5. The Morgan fingerprint density at radius 3 is 2.60 bits per heavy atom. The molecule has 2 rings (SSSR count). The summed E-state index contributed by atoms with van der Waals surface area (Å²) < 4.78 is 2.05. The molecule has 0 saturated carbocycles. The highest BCUT2D eigenvalue weighted by Gasteiger charge is 2.09. The quantitative estimate of drug-likeness (QED) is 0.795. The molecule has 0 aliphatic rings. The summed E-state index contributed by atoms with van der Waals surface area (Å²) in [7, 11) is 0. The average molecular weight is 271 g/mol. The van der Waals surface area contributed by atoms with Crippen molar-refractivity contribution in [2.24, 2.45) is 0 Å². The first-order valence-electron chi connectivity index (χ1n) is 7.66. The topological polar surface area (TPSA) is 29.9 Å². The van der Waals surface area contributed by atoms with Gasteiger partial charge in [0.1, 0.15) is 0 Å². The molecule has 20 heavy (non-hydrogen) atoms. The molecule has 0 aliphatic carbocycles. The number of para-hydroxylation sites is 1. The monoisotopic (exact) mass is 271 g/mol. The van der Waals surface area contributed by atoms with Gasteiger partial charge in [-0.25, -0.2) is 4.68 Å². The van der Waals surface area contributed by atoms with Crippen LogP contribution in [0.4, 0.5) is 0 Å². The van der Waals surface area contributed by atoms with E-state index in [1.807, 2.05) is 12.3 Å². The Kier molecular flexibility index (Phi) is 5.81. The van der Waals surface area contributed by atoms with Crippen LogP contribution in [0.15, 0.2) is 42.6 Å². The second kappa shape index (κ2) is 7.85. The van der Waals surface area contributed by atoms with Crippen molar-refractivity contribution in [2.45, 2.75) is 45.6 Å². The summed E-state index contributed by atoms with van der Waals surface area (Å²) in [4.78, 5) is 0. The van der Waals surface area contributed by atoms with Crippen LogP contribution in [0.3, 0.4) is 0 Å². The summed E-state index contributed by atoms with van der Waals surface area (Å²) in [6, 6.07) is 13.1. The summed E-state index contributed by atoms with van der Waals surface area (Å²) in [5.74, 6) is 0. The molecule has 0 aliphatic heterocycles. The van der Waals surface area contributed by atoms with Crippen molar-refractivity contribution >= 4 is 0 Å². The average Bonchev–Trinajstić information content (AvgIpc) is 2.94. The van der Waals surface area contributed by atoms with Crippen LogP contribution in [0.1, 0.15) is 38.8 Å². The van der Waals surface area contributed by atoms with Crippen LogP contribution in [0.25, 0.3) is 5.69 Å². The van der Waals surface area contributed by atoms with Crippen LogP contribution in [-0.4, -0.2) is 22.4 Å². The van der Waals surface area contributed by atoms with Crippen LogP contribution >= 0.6 is 0 Å². The Balaban J connectivity index is 2.02. The van der Waals surface area contributed by atoms with E-state index in [4.69, 9.17) is 0 Å². The van der Waals surface area contributed by atoms with E-state index in [1.165, 1.54) is 25.0 Å². The third-order valence-electron chi connectivity index (χ3n) is 3.60. The molecule has 1 unspecified atom stereocenters.